The van der Waals surface area contributed by atoms with Gasteiger partial charge in [-0.2, -0.15) is 0 Å². The highest BCUT2D eigenvalue weighted by Crippen LogP contribution is 2.27. The number of ether oxygens (including phenoxy) is 2. The Hall–Kier alpha value is -1.66. The largest absolute Gasteiger partial charge is 0.494 e. The zero-order valence-electron chi connectivity index (χ0n) is 16.6. The predicted molar refractivity (Wildman–Crippen MR) is 121 cm³/mol. The normalized spacial score (nSPS) is 15.0. The van der Waals surface area contributed by atoms with E-state index >= 15 is 0 Å². The van der Waals surface area contributed by atoms with Crippen LogP contribution in [-0.2, 0) is 4.79 Å². The minimum atomic E-state index is -0.143. The van der Waals surface area contributed by atoms with Gasteiger partial charge in [0.25, 0.3) is 5.91 Å². The Bertz CT molecular complexity index is 825. The van der Waals surface area contributed by atoms with Crippen molar-refractivity contribution in [2.75, 3.05) is 32.8 Å². The van der Waals surface area contributed by atoms with Gasteiger partial charge in [0, 0.05) is 35.7 Å². The number of nitrogens with one attached hydrogen (secondary N) is 1. The molecule has 1 aliphatic rings. The number of carbonyl (C=O) groups is 1. The summed E-state index contributed by atoms with van der Waals surface area (Å²) in [7, 11) is 0. The average Bonchev–Trinajstić information content (AvgIpc) is 2.73. The Kier molecular flexibility index (Phi) is 8.94. The maximum absolute atomic E-state index is 12.2. The Balaban J connectivity index is 1.28. The van der Waals surface area contributed by atoms with Crippen LogP contribution in [-0.4, -0.2) is 49.7 Å². The number of carbonyl (C=O) groups excluding carboxylic acids is 1. The van der Waals surface area contributed by atoms with Crippen LogP contribution in [0.3, 0.4) is 0 Å². The van der Waals surface area contributed by atoms with Crippen LogP contribution in [0.25, 0.3) is 0 Å². The van der Waals surface area contributed by atoms with Gasteiger partial charge in [0.2, 0.25) is 0 Å². The first-order chi connectivity index (χ1) is 14.5. The van der Waals surface area contributed by atoms with Crippen LogP contribution in [0.2, 0.25) is 15.1 Å². The Labute approximate surface area is 192 Å². The summed E-state index contributed by atoms with van der Waals surface area (Å²) in [6.07, 6.45) is 2.80. The molecule has 162 valence electrons. The molecule has 0 spiro atoms. The van der Waals surface area contributed by atoms with Crippen molar-refractivity contribution in [1.29, 1.82) is 0 Å². The van der Waals surface area contributed by atoms with E-state index in [-0.39, 0.29) is 18.6 Å². The van der Waals surface area contributed by atoms with E-state index in [9.17, 15) is 4.79 Å². The number of hydrogen-bond acceptors (Lipinski definition) is 4. The molecule has 2 aromatic carbocycles. The van der Waals surface area contributed by atoms with Crippen molar-refractivity contribution < 1.29 is 14.3 Å². The van der Waals surface area contributed by atoms with Crippen molar-refractivity contribution in [2.24, 2.45) is 0 Å². The number of halogens is 3. The van der Waals surface area contributed by atoms with E-state index in [2.05, 4.69) is 10.2 Å². The lowest BCUT2D eigenvalue weighted by Gasteiger charge is -2.32. The van der Waals surface area contributed by atoms with Crippen molar-refractivity contribution in [2.45, 2.75) is 25.3 Å². The van der Waals surface area contributed by atoms with E-state index in [1.807, 2.05) is 24.3 Å². The van der Waals surface area contributed by atoms with Crippen molar-refractivity contribution in [3.63, 3.8) is 0 Å². The third-order valence-electron chi connectivity index (χ3n) is 4.91. The van der Waals surface area contributed by atoms with Crippen molar-refractivity contribution in [3.8, 4) is 11.5 Å². The van der Waals surface area contributed by atoms with Crippen LogP contribution in [0.5, 0.6) is 11.5 Å². The lowest BCUT2D eigenvalue weighted by atomic mass is 10.0. The molecule has 0 aliphatic carbocycles. The zero-order valence-corrected chi connectivity index (χ0v) is 18.8. The van der Waals surface area contributed by atoms with Crippen LogP contribution >= 0.6 is 34.8 Å². The molecule has 1 amide bonds. The van der Waals surface area contributed by atoms with E-state index in [1.54, 1.807) is 18.2 Å². The summed E-state index contributed by atoms with van der Waals surface area (Å²) >= 11 is 17.8. The highest BCUT2D eigenvalue weighted by molar-refractivity contribution is 6.35. The van der Waals surface area contributed by atoms with Gasteiger partial charge in [-0.15, -0.1) is 0 Å². The fourth-order valence-electron chi connectivity index (χ4n) is 3.31. The number of piperidine rings is 1. The molecule has 0 unspecified atom stereocenters. The summed E-state index contributed by atoms with van der Waals surface area (Å²) in [4.78, 5) is 14.6. The van der Waals surface area contributed by atoms with Crippen LogP contribution in [0.1, 0.15) is 19.3 Å². The maximum Gasteiger partial charge on any atom is 0.258 e. The van der Waals surface area contributed by atoms with Gasteiger partial charge in [0.1, 0.15) is 11.5 Å². The molecule has 0 radical (unpaired) electrons. The fourth-order valence-corrected chi connectivity index (χ4v) is 3.90. The number of benzene rings is 2. The molecule has 2 aromatic rings. The maximum atomic E-state index is 12.2. The molecule has 8 heteroatoms. The summed E-state index contributed by atoms with van der Waals surface area (Å²) in [5.74, 6) is 1.14. The Morgan fingerprint density at radius 3 is 2.40 bits per heavy atom. The summed E-state index contributed by atoms with van der Waals surface area (Å²) in [6.45, 7) is 3.49. The molecule has 1 N–H and O–H groups in total. The van der Waals surface area contributed by atoms with Gasteiger partial charge in [-0.25, -0.2) is 0 Å². The number of hydrogen-bond donors (Lipinski definition) is 1. The average molecular weight is 472 g/mol. The third-order valence-corrected chi connectivity index (χ3v) is 5.69. The SMILES string of the molecule is O=C(COc1ccc(Cl)cc1Cl)NC1CCN(CCCOc2ccc(Cl)cc2)CC1. The molecule has 0 atom stereocenters. The first-order valence-electron chi connectivity index (χ1n) is 9.97. The van der Waals surface area contributed by atoms with Crippen molar-refractivity contribution >= 4 is 40.7 Å². The van der Waals surface area contributed by atoms with E-state index < -0.39 is 0 Å². The van der Waals surface area contributed by atoms with E-state index in [0.717, 1.165) is 44.6 Å². The van der Waals surface area contributed by atoms with Gasteiger partial charge in [-0.3, -0.25) is 4.79 Å². The monoisotopic (exact) mass is 470 g/mol. The molecule has 0 bridgehead atoms. The number of likely N-dealkylation sites (tertiary alicyclic amines) is 1. The summed E-state index contributed by atoms with van der Waals surface area (Å²) < 4.78 is 11.2. The summed E-state index contributed by atoms with van der Waals surface area (Å²) in [5.41, 5.74) is 0. The van der Waals surface area contributed by atoms with Crippen molar-refractivity contribution in [3.05, 3.63) is 57.5 Å². The second kappa shape index (κ2) is 11.7. The lowest BCUT2D eigenvalue weighted by molar-refractivity contribution is -0.124. The summed E-state index contributed by atoms with van der Waals surface area (Å²) in [6, 6.07) is 12.5. The van der Waals surface area contributed by atoms with Gasteiger partial charge >= 0.3 is 0 Å². The molecular formula is C22H25Cl3N2O3. The summed E-state index contributed by atoms with van der Waals surface area (Å²) in [5, 5.41) is 4.66. The van der Waals surface area contributed by atoms with Crippen LogP contribution < -0.4 is 14.8 Å². The first kappa shape index (κ1) is 23.0. The van der Waals surface area contributed by atoms with Crippen molar-refractivity contribution in [1.82, 2.24) is 10.2 Å². The molecule has 3 rings (SSSR count). The number of rotatable bonds is 9. The van der Waals surface area contributed by atoms with E-state index in [1.165, 1.54) is 0 Å². The van der Waals surface area contributed by atoms with Crippen LogP contribution in [0.4, 0.5) is 0 Å². The minimum absolute atomic E-state index is 0.0659. The third kappa shape index (κ3) is 7.55. The molecule has 5 nitrogen and oxygen atoms in total. The topological polar surface area (TPSA) is 50.8 Å². The second-order valence-electron chi connectivity index (χ2n) is 7.20. The van der Waals surface area contributed by atoms with Crippen LogP contribution in [0, 0.1) is 0 Å². The molecule has 1 fully saturated rings. The second-order valence-corrected chi connectivity index (χ2v) is 8.48. The first-order valence-corrected chi connectivity index (χ1v) is 11.1. The van der Waals surface area contributed by atoms with Gasteiger partial charge in [-0.1, -0.05) is 34.8 Å². The molecule has 1 saturated heterocycles. The Morgan fingerprint density at radius 2 is 1.70 bits per heavy atom. The Morgan fingerprint density at radius 1 is 1.00 bits per heavy atom. The van der Waals surface area contributed by atoms with Gasteiger partial charge < -0.3 is 19.7 Å². The zero-order chi connectivity index (χ0) is 21.3. The fraction of sp³-hybridized carbons (Fsp3) is 0.409. The minimum Gasteiger partial charge on any atom is -0.494 e. The van der Waals surface area contributed by atoms with E-state index in [4.69, 9.17) is 44.3 Å². The van der Waals surface area contributed by atoms with E-state index in [0.29, 0.717) is 27.4 Å². The molecular weight excluding hydrogens is 447 g/mol. The molecule has 1 heterocycles. The lowest BCUT2D eigenvalue weighted by Crippen LogP contribution is -2.46. The molecule has 1 aliphatic heterocycles. The molecule has 0 aromatic heterocycles. The standard InChI is InChI=1S/C22H25Cl3N2O3/c23-16-2-5-19(6-3-16)29-13-1-10-27-11-8-18(9-12-27)26-22(28)15-30-21-7-4-17(24)14-20(21)25/h2-7,14,18H,1,8-13,15H2,(H,26,28). The van der Waals surface area contributed by atoms with Gasteiger partial charge in [-0.05, 0) is 61.7 Å². The molecule has 30 heavy (non-hydrogen) atoms. The molecule has 0 saturated carbocycles. The smallest absolute Gasteiger partial charge is 0.258 e. The highest BCUT2D eigenvalue weighted by Gasteiger charge is 2.20. The van der Waals surface area contributed by atoms with Gasteiger partial charge in [0.05, 0.1) is 11.6 Å². The quantitative estimate of drug-likeness (QED) is 0.519. The van der Waals surface area contributed by atoms with Gasteiger partial charge in [0.15, 0.2) is 6.61 Å². The number of amides is 1. The number of nitrogens with zero attached hydrogens (tertiary/aromatic N) is 1. The predicted octanol–water partition coefficient (Wildman–Crippen LogP) is 5.08. The van der Waals surface area contributed by atoms with Crippen LogP contribution in [0.15, 0.2) is 42.5 Å². The highest BCUT2D eigenvalue weighted by atomic mass is 35.5.